The lowest BCUT2D eigenvalue weighted by molar-refractivity contribution is 0.102. The first-order valence-corrected chi connectivity index (χ1v) is 4.67. The Bertz CT molecular complexity index is 566. The number of hydrogen-bond acceptors (Lipinski definition) is 5. The van der Waals surface area contributed by atoms with Crippen LogP contribution in [0.15, 0.2) is 18.2 Å². The lowest BCUT2D eigenvalue weighted by Crippen LogP contribution is -2.15. The Kier molecular flexibility index (Phi) is 2.69. The van der Waals surface area contributed by atoms with Crippen LogP contribution in [0.1, 0.15) is 10.4 Å². The molecule has 2 rings (SSSR count). The first kappa shape index (κ1) is 11.0. The van der Waals surface area contributed by atoms with E-state index in [1.54, 1.807) is 7.05 Å². The molecule has 1 amide bonds. The van der Waals surface area contributed by atoms with Crippen molar-refractivity contribution in [2.24, 2.45) is 7.05 Å². The third-order valence-electron chi connectivity index (χ3n) is 2.03. The van der Waals surface area contributed by atoms with Gasteiger partial charge < -0.3 is 5.73 Å². The van der Waals surface area contributed by atoms with Gasteiger partial charge in [-0.25, -0.2) is 4.39 Å². The van der Waals surface area contributed by atoms with Crippen LogP contribution in [0.2, 0.25) is 0 Å². The molecule has 0 aliphatic rings. The van der Waals surface area contributed by atoms with Gasteiger partial charge in [-0.15, -0.1) is 5.10 Å². The van der Waals surface area contributed by atoms with E-state index in [0.717, 1.165) is 0 Å². The molecule has 1 aromatic carbocycles. The molecule has 7 nitrogen and oxygen atoms in total. The smallest absolute Gasteiger partial charge is 0.270 e. The molecule has 0 aliphatic carbocycles. The molecule has 0 saturated carbocycles. The van der Waals surface area contributed by atoms with Crippen molar-refractivity contribution >= 4 is 17.5 Å². The van der Waals surface area contributed by atoms with Crippen LogP contribution >= 0.6 is 0 Å². The molecule has 1 aromatic heterocycles. The van der Waals surface area contributed by atoms with Gasteiger partial charge >= 0.3 is 0 Å². The highest BCUT2D eigenvalue weighted by atomic mass is 19.1. The van der Waals surface area contributed by atoms with Crippen LogP contribution in [0.25, 0.3) is 0 Å². The third kappa shape index (κ3) is 2.19. The zero-order valence-corrected chi connectivity index (χ0v) is 8.88. The molecule has 0 fully saturated rings. The Morgan fingerprint density at radius 2 is 2.29 bits per heavy atom. The molecule has 0 bridgehead atoms. The minimum atomic E-state index is -0.648. The topological polar surface area (TPSA) is 98.7 Å². The second-order valence-electron chi connectivity index (χ2n) is 3.26. The summed E-state index contributed by atoms with van der Waals surface area (Å²) in [4.78, 5) is 12.9. The van der Waals surface area contributed by atoms with E-state index in [1.807, 2.05) is 0 Å². The summed E-state index contributed by atoms with van der Waals surface area (Å²) < 4.78 is 13.1. The Morgan fingerprint density at radius 1 is 1.53 bits per heavy atom. The summed E-state index contributed by atoms with van der Waals surface area (Å²) in [6, 6.07) is 3.97. The molecule has 0 aliphatic heterocycles. The predicted octanol–water partition coefficient (Wildman–Crippen LogP) is 0.184. The number of amides is 1. The van der Waals surface area contributed by atoms with Crippen molar-refractivity contribution in [1.29, 1.82) is 0 Å². The summed E-state index contributed by atoms with van der Waals surface area (Å²) in [6.07, 6.45) is 0. The zero-order valence-electron chi connectivity index (χ0n) is 8.88. The fraction of sp³-hybridized carbons (Fsp3) is 0.111. The van der Waals surface area contributed by atoms with Crippen molar-refractivity contribution in [3.8, 4) is 0 Å². The average Bonchev–Trinajstić information content (AvgIpc) is 2.68. The number of para-hydroxylation sites is 1. The molecule has 1 heterocycles. The van der Waals surface area contributed by atoms with Crippen molar-refractivity contribution in [1.82, 2.24) is 20.2 Å². The fourth-order valence-corrected chi connectivity index (χ4v) is 1.24. The zero-order chi connectivity index (χ0) is 12.4. The Balaban J connectivity index is 2.23. The molecular weight excluding hydrogens is 227 g/mol. The molecule has 17 heavy (non-hydrogen) atoms. The van der Waals surface area contributed by atoms with Crippen molar-refractivity contribution in [2.45, 2.75) is 0 Å². The number of benzene rings is 1. The number of nitrogens with one attached hydrogen (secondary N) is 1. The van der Waals surface area contributed by atoms with Crippen LogP contribution in [0, 0.1) is 5.82 Å². The number of rotatable bonds is 2. The SMILES string of the molecule is Cn1nnc(NC(=O)c2cccc(F)c2N)n1. The minimum absolute atomic E-state index is 0.0254. The van der Waals surface area contributed by atoms with Gasteiger partial charge in [0.2, 0.25) is 0 Å². The number of tetrazole rings is 1. The number of nitrogens with zero attached hydrogens (tertiary/aromatic N) is 4. The molecule has 88 valence electrons. The van der Waals surface area contributed by atoms with Crippen LogP contribution in [-0.4, -0.2) is 26.1 Å². The first-order chi connectivity index (χ1) is 8.08. The third-order valence-corrected chi connectivity index (χ3v) is 2.03. The van der Waals surface area contributed by atoms with E-state index in [-0.39, 0.29) is 17.2 Å². The number of nitrogen functional groups attached to an aromatic ring is 1. The van der Waals surface area contributed by atoms with Crippen molar-refractivity contribution < 1.29 is 9.18 Å². The average molecular weight is 236 g/mol. The maximum Gasteiger partial charge on any atom is 0.270 e. The molecule has 0 spiro atoms. The number of halogens is 1. The van der Waals surface area contributed by atoms with Gasteiger partial charge in [0.1, 0.15) is 5.82 Å². The van der Waals surface area contributed by atoms with Gasteiger partial charge in [0, 0.05) is 0 Å². The van der Waals surface area contributed by atoms with Gasteiger partial charge in [-0.3, -0.25) is 10.1 Å². The van der Waals surface area contributed by atoms with Crippen LogP contribution in [-0.2, 0) is 7.05 Å². The van der Waals surface area contributed by atoms with E-state index in [4.69, 9.17) is 5.73 Å². The van der Waals surface area contributed by atoms with Crippen molar-refractivity contribution in [3.63, 3.8) is 0 Å². The summed E-state index contributed by atoms with van der Waals surface area (Å²) in [5, 5.41) is 13.2. The molecule has 3 N–H and O–H groups in total. The van der Waals surface area contributed by atoms with E-state index >= 15 is 0 Å². The summed E-state index contributed by atoms with van der Waals surface area (Å²) in [5.41, 5.74) is 5.26. The van der Waals surface area contributed by atoms with Crippen molar-refractivity contribution in [2.75, 3.05) is 11.1 Å². The van der Waals surface area contributed by atoms with E-state index < -0.39 is 11.7 Å². The van der Waals surface area contributed by atoms with E-state index in [9.17, 15) is 9.18 Å². The highest BCUT2D eigenvalue weighted by Crippen LogP contribution is 2.16. The second kappa shape index (κ2) is 4.16. The molecule has 0 saturated heterocycles. The summed E-state index contributed by atoms with van der Waals surface area (Å²) in [6.45, 7) is 0. The quantitative estimate of drug-likeness (QED) is 0.725. The second-order valence-corrected chi connectivity index (χ2v) is 3.26. The first-order valence-electron chi connectivity index (χ1n) is 4.67. The van der Waals surface area contributed by atoms with Crippen LogP contribution < -0.4 is 11.1 Å². The molecule has 0 atom stereocenters. The lowest BCUT2D eigenvalue weighted by Gasteiger charge is -2.04. The lowest BCUT2D eigenvalue weighted by atomic mass is 10.1. The molecule has 0 radical (unpaired) electrons. The van der Waals surface area contributed by atoms with E-state index in [1.165, 1.54) is 23.0 Å². The van der Waals surface area contributed by atoms with E-state index in [2.05, 4.69) is 20.7 Å². The molecule has 0 unspecified atom stereocenters. The van der Waals surface area contributed by atoms with Crippen LogP contribution in [0.3, 0.4) is 0 Å². The fourth-order valence-electron chi connectivity index (χ4n) is 1.24. The number of carbonyl (C=O) groups is 1. The maximum absolute atomic E-state index is 13.1. The van der Waals surface area contributed by atoms with Gasteiger partial charge in [-0.1, -0.05) is 11.2 Å². The van der Waals surface area contributed by atoms with Gasteiger partial charge in [-0.05, 0) is 17.3 Å². The highest BCUT2D eigenvalue weighted by Gasteiger charge is 2.14. The standard InChI is InChI=1S/C9H9FN6O/c1-16-14-9(13-15-16)12-8(17)5-3-2-4-6(10)7(5)11/h2-4H,11H2,1H3,(H,12,14,17). The summed E-state index contributed by atoms with van der Waals surface area (Å²) in [5.74, 6) is -1.21. The summed E-state index contributed by atoms with van der Waals surface area (Å²) >= 11 is 0. The highest BCUT2D eigenvalue weighted by molar-refractivity contribution is 6.06. The number of nitrogens with two attached hydrogens (primary N) is 1. The number of hydrogen-bond donors (Lipinski definition) is 2. The van der Waals surface area contributed by atoms with Gasteiger partial charge in [0.15, 0.2) is 0 Å². The Hall–Kier alpha value is -2.51. The van der Waals surface area contributed by atoms with Crippen LogP contribution in [0.5, 0.6) is 0 Å². The largest absolute Gasteiger partial charge is 0.396 e. The Labute approximate surface area is 95.4 Å². The normalized spacial score (nSPS) is 10.2. The van der Waals surface area contributed by atoms with E-state index in [0.29, 0.717) is 0 Å². The Morgan fingerprint density at radius 3 is 2.94 bits per heavy atom. The van der Waals surface area contributed by atoms with Crippen molar-refractivity contribution in [3.05, 3.63) is 29.6 Å². The molecule has 8 heteroatoms. The maximum atomic E-state index is 13.1. The summed E-state index contributed by atoms with van der Waals surface area (Å²) in [7, 11) is 1.55. The number of aryl methyl sites for hydroxylation is 1. The monoisotopic (exact) mass is 236 g/mol. The number of aromatic nitrogens is 4. The minimum Gasteiger partial charge on any atom is -0.396 e. The van der Waals surface area contributed by atoms with Gasteiger partial charge in [-0.2, -0.15) is 4.80 Å². The predicted molar refractivity (Wildman–Crippen MR) is 57.6 cm³/mol. The van der Waals surface area contributed by atoms with Crippen LogP contribution in [0.4, 0.5) is 16.0 Å². The van der Waals surface area contributed by atoms with Gasteiger partial charge in [0.05, 0.1) is 18.3 Å². The van der Waals surface area contributed by atoms with Gasteiger partial charge in [0.25, 0.3) is 11.9 Å². The number of anilines is 2. The number of carbonyl (C=O) groups excluding carboxylic acids is 1. The molecular formula is C9H9FN6O. The molecule has 2 aromatic rings.